The molecule has 2 aliphatic rings. The lowest BCUT2D eigenvalue weighted by Crippen LogP contribution is -2.58. The predicted molar refractivity (Wildman–Crippen MR) is 311 cm³/mol. The average Bonchev–Trinajstić information content (AvgIpc) is 4.33. The van der Waals surface area contributed by atoms with Crippen molar-refractivity contribution in [2.24, 2.45) is 25.4 Å². The minimum atomic E-state index is -4.41. The van der Waals surface area contributed by atoms with E-state index < -0.39 is 57.3 Å². The number of imidazole rings is 1. The van der Waals surface area contributed by atoms with Gasteiger partial charge < -0.3 is 44.7 Å². The number of thiazole rings is 1. The van der Waals surface area contributed by atoms with Gasteiger partial charge in [0.05, 0.1) is 57.0 Å². The second-order valence-electron chi connectivity index (χ2n) is 22.3. The van der Waals surface area contributed by atoms with Crippen LogP contribution in [0.1, 0.15) is 87.8 Å². The number of aryl methyl sites for hydroxylation is 3. The number of amides is 4. The maximum atomic E-state index is 14.4. The summed E-state index contributed by atoms with van der Waals surface area (Å²) in [7, 11) is 2.82. The molecule has 4 heterocycles. The number of rotatable bonds is 22. The normalized spacial score (nSPS) is 16.4. The highest BCUT2D eigenvalue weighted by Crippen LogP contribution is 2.38. The largest absolute Gasteiger partial charge is 0.493 e. The van der Waals surface area contributed by atoms with E-state index in [0.717, 1.165) is 47.5 Å². The number of sulfonamides is 1. The molecule has 2 aliphatic heterocycles. The van der Waals surface area contributed by atoms with Crippen LogP contribution in [0.4, 0.5) is 5.69 Å². The maximum Gasteiger partial charge on any atom is 0.328 e. The molecule has 0 saturated carbocycles. The lowest BCUT2D eigenvalue weighted by molar-refractivity contribution is -0.144. The molecule has 8 rings (SSSR count). The number of carbonyl (C=O) groups is 4. The van der Waals surface area contributed by atoms with Crippen molar-refractivity contribution in [2.45, 2.75) is 103 Å². The monoisotopic (exact) mass is 1150 g/mol. The fourth-order valence-electron chi connectivity index (χ4n) is 10.1. The Kier molecular flexibility index (Phi) is 19.0. The number of piperidine rings is 1. The molecule has 4 N–H and O–H groups in total. The van der Waals surface area contributed by atoms with Crippen LogP contribution in [0.5, 0.6) is 23.0 Å². The molecule has 22 heteroatoms. The fraction of sp³-hybridized carbons (Fsp3) is 0.458. The molecule has 0 unspecified atom stereocenters. The molecule has 2 aromatic heterocycles. The summed E-state index contributed by atoms with van der Waals surface area (Å²) in [6.07, 6.45) is 2.17. The molecule has 4 aromatic carbocycles. The summed E-state index contributed by atoms with van der Waals surface area (Å²) in [5.74, 6) is -0.853. The van der Waals surface area contributed by atoms with Crippen LogP contribution in [0, 0.1) is 18.3 Å². The number of aliphatic hydroxyl groups excluding tert-OH is 1. The highest BCUT2D eigenvalue weighted by atomic mass is 32.2. The van der Waals surface area contributed by atoms with Gasteiger partial charge in [0.1, 0.15) is 29.3 Å². The van der Waals surface area contributed by atoms with Gasteiger partial charge in [-0.25, -0.2) is 18.2 Å². The number of fused-ring (bicyclic) bond motifs is 1. The quantitative estimate of drug-likeness (QED) is 0.0499. The first-order valence-electron chi connectivity index (χ1n) is 27.4. The number of β-amino-alcohol motifs (C(OH)–C–C–N with tert-alkyl or cyclic N) is 1. The van der Waals surface area contributed by atoms with Crippen LogP contribution in [-0.4, -0.2) is 138 Å². The zero-order valence-electron chi connectivity index (χ0n) is 47.6. The van der Waals surface area contributed by atoms with Crippen LogP contribution in [-0.2, 0) is 45.0 Å². The lowest BCUT2D eigenvalue weighted by Gasteiger charge is -2.37. The van der Waals surface area contributed by atoms with Gasteiger partial charge in [-0.05, 0) is 100 Å². The maximum absolute atomic E-state index is 14.4. The average molecular weight is 1150 g/mol. The molecule has 0 radical (unpaired) electrons. The van der Waals surface area contributed by atoms with Gasteiger partial charge in [0.15, 0.2) is 5.75 Å². The van der Waals surface area contributed by atoms with Crippen LogP contribution < -0.4 is 35.3 Å². The summed E-state index contributed by atoms with van der Waals surface area (Å²) in [5, 5.41) is 16.7. The van der Waals surface area contributed by atoms with Crippen LogP contribution in [0.2, 0.25) is 0 Å². The number of hydrogen-bond acceptors (Lipinski definition) is 14. The number of unbranched alkanes of at least 4 members (excludes halogenated alkanes) is 1. The Hall–Kier alpha value is -7.27. The second-order valence-corrected chi connectivity index (χ2v) is 24.8. The standard InChI is InChI=1S/C59H75N9O11S2/c1-10-25-77-43-29-44(78-26-12-11-22-64(6)7)31-45(30-43)79-51-33-49-48(65(8)58(74)66(49)9)32-47(51)63-81(75,76)46-15-13-14-41(27-46)56(72)67-23-20-40(21-24-67)54(70)62-53(59(3,4)5)57(73)68-35-42(69)28-50(68)55(71)60-34-38-16-18-39(19-17-38)52-37(2)61-36-80-52/h13-19,27,29-33,36,40,42,50,53,63,69H,10-12,20-26,28,34-35H2,1-9H3,(H,60,71)(H,62,70)/t42-,50+,53-/m1/s1. The number of hydrogen-bond donors (Lipinski definition) is 4. The number of ether oxygens (including phenoxy) is 3. The number of benzene rings is 4. The van der Waals surface area contributed by atoms with Gasteiger partial charge in [0.2, 0.25) is 17.7 Å². The van der Waals surface area contributed by atoms with Gasteiger partial charge in [-0.1, -0.05) is 58.0 Å². The Morgan fingerprint density at radius 1 is 0.877 bits per heavy atom. The van der Waals surface area contributed by atoms with Crippen molar-refractivity contribution in [2.75, 3.05) is 58.2 Å². The molecule has 6 aromatic rings. The van der Waals surface area contributed by atoms with Gasteiger partial charge in [0.25, 0.3) is 15.9 Å². The van der Waals surface area contributed by atoms with E-state index in [9.17, 15) is 37.5 Å². The van der Waals surface area contributed by atoms with E-state index in [0.29, 0.717) is 41.5 Å². The molecule has 81 heavy (non-hydrogen) atoms. The smallest absolute Gasteiger partial charge is 0.328 e. The SMILES string of the molecule is CCCOc1cc(OCCCCN(C)C)cc(Oc2cc3c(cc2NS(=O)(=O)c2cccc(C(=O)N4CCC(C(=O)N[C@H](C(=O)N5C[C@H](O)C[C@H]5C(=O)NCc5ccc(-c6scnc6C)cc5)C(C)(C)C)CC4)c2)n(C)c(=O)n3C)c1. The molecular formula is C59H75N9O11S2. The first kappa shape index (κ1) is 59.8. The highest BCUT2D eigenvalue weighted by molar-refractivity contribution is 7.92. The Morgan fingerprint density at radius 3 is 2.19 bits per heavy atom. The van der Waals surface area contributed by atoms with Crippen molar-refractivity contribution < 1.29 is 46.9 Å². The van der Waals surface area contributed by atoms with Gasteiger partial charge >= 0.3 is 5.69 Å². The molecule has 0 aliphatic carbocycles. The number of nitrogens with one attached hydrogen (secondary N) is 3. The van der Waals surface area contributed by atoms with Gasteiger partial charge in [-0.3, -0.25) is 33.0 Å². The van der Waals surface area contributed by atoms with E-state index in [1.807, 2.05) is 73.0 Å². The number of aromatic nitrogens is 3. The molecule has 20 nitrogen and oxygen atoms in total. The molecule has 3 atom stereocenters. The number of anilines is 1. The van der Waals surface area contributed by atoms with Crippen molar-refractivity contribution in [1.29, 1.82) is 0 Å². The first-order chi connectivity index (χ1) is 38.5. The van der Waals surface area contributed by atoms with E-state index in [1.165, 1.54) is 44.4 Å². The number of likely N-dealkylation sites (tertiary alicyclic amines) is 2. The number of aliphatic hydroxyl groups is 1. The Balaban J connectivity index is 0.916. The Bertz CT molecular complexity index is 3410. The van der Waals surface area contributed by atoms with Crippen molar-refractivity contribution in [3.05, 3.63) is 112 Å². The Labute approximate surface area is 477 Å². The molecule has 2 saturated heterocycles. The number of nitrogens with zero attached hydrogens (tertiary/aromatic N) is 6. The van der Waals surface area contributed by atoms with E-state index in [-0.39, 0.29) is 78.9 Å². The van der Waals surface area contributed by atoms with E-state index in [2.05, 4.69) is 25.2 Å². The summed E-state index contributed by atoms with van der Waals surface area (Å²) in [5.41, 5.74) is 4.59. The minimum Gasteiger partial charge on any atom is -0.493 e. The molecule has 0 bridgehead atoms. The van der Waals surface area contributed by atoms with Crippen molar-refractivity contribution >= 4 is 61.7 Å². The van der Waals surface area contributed by atoms with Gasteiger partial charge in [0, 0.05) is 82.4 Å². The highest BCUT2D eigenvalue weighted by Gasteiger charge is 2.45. The second kappa shape index (κ2) is 25.7. The molecule has 434 valence electrons. The van der Waals surface area contributed by atoms with Gasteiger partial charge in [-0.15, -0.1) is 11.3 Å². The van der Waals surface area contributed by atoms with E-state index in [1.54, 1.807) is 60.1 Å². The third kappa shape index (κ3) is 14.4. The van der Waals surface area contributed by atoms with Crippen molar-refractivity contribution in [1.82, 2.24) is 39.5 Å². The number of carbonyl (C=O) groups excluding carboxylic acids is 4. The van der Waals surface area contributed by atoms with Crippen LogP contribution in [0.3, 0.4) is 0 Å². The van der Waals surface area contributed by atoms with E-state index in [4.69, 9.17) is 14.2 Å². The fourth-order valence-corrected chi connectivity index (χ4v) is 12.0. The summed E-state index contributed by atoms with van der Waals surface area (Å²) in [6.45, 7) is 11.7. The third-order valence-electron chi connectivity index (χ3n) is 14.7. The summed E-state index contributed by atoms with van der Waals surface area (Å²) < 4.78 is 52.8. The predicted octanol–water partition coefficient (Wildman–Crippen LogP) is 7.07. The van der Waals surface area contributed by atoms with Crippen LogP contribution in [0.15, 0.2) is 94.1 Å². The summed E-state index contributed by atoms with van der Waals surface area (Å²) in [6, 6.07) is 19.8. The van der Waals surface area contributed by atoms with Crippen LogP contribution >= 0.6 is 11.3 Å². The summed E-state index contributed by atoms with van der Waals surface area (Å²) in [4.78, 5) is 79.6. The molecule has 4 amide bonds. The summed E-state index contributed by atoms with van der Waals surface area (Å²) >= 11 is 1.55. The van der Waals surface area contributed by atoms with Gasteiger partial charge in [-0.2, -0.15) is 0 Å². The van der Waals surface area contributed by atoms with Crippen LogP contribution in [0.25, 0.3) is 21.5 Å². The Morgan fingerprint density at radius 2 is 1.54 bits per heavy atom. The zero-order chi connectivity index (χ0) is 58.3. The van der Waals surface area contributed by atoms with E-state index >= 15 is 0 Å². The zero-order valence-corrected chi connectivity index (χ0v) is 49.2. The first-order valence-corrected chi connectivity index (χ1v) is 29.8. The van der Waals surface area contributed by atoms with Crippen molar-refractivity contribution in [3.63, 3.8) is 0 Å². The van der Waals surface area contributed by atoms with Crippen molar-refractivity contribution in [3.8, 4) is 33.4 Å². The topological polar surface area (TPSA) is 236 Å². The molecular weight excluding hydrogens is 1070 g/mol. The molecule has 0 spiro atoms. The molecule has 2 fully saturated rings. The lowest BCUT2D eigenvalue weighted by atomic mass is 9.84. The third-order valence-corrected chi connectivity index (χ3v) is 17.0. The minimum absolute atomic E-state index is 0.0294.